The number of carbonyl (C=O) groups excluding carboxylic acids is 1. The Morgan fingerprint density at radius 1 is 1.28 bits per heavy atom. The van der Waals surface area contributed by atoms with Crippen molar-refractivity contribution in [2.24, 2.45) is 5.92 Å². The van der Waals surface area contributed by atoms with Gasteiger partial charge in [0.25, 0.3) is 0 Å². The fourth-order valence-electron chi connectivity index (χ4n) is 3.64. The van der Waals surface area contributed by atoms with Crippen molar-refractivity contribution in [2.45, 2.75) is 91.5 Å². The van der Waals surface area contributed by atoms with Crippen molar-refractivity contribution in [3.63, 3.8) is 0 Å². The van der Waals surface area contributed by atoms with Gasteiger partial charge >= 0.3 is 5.97 Å². The van der Waals surface area contributed by atoms with Crippen LogP contribution < -0.4 is 0 Å². The standard InChI is InChI=1S/C22H34O3/c1-15(2)19-11-9-16(3)10-12-21-22(6,25-21)13-7-8-17(4)14-20(19)24-18(5)23/h8-9,11,15,20-21H,7,10,12-14H2,1-6H3/b16-9+,17-8+,19-11?/t20-,21+,22+/m0/s1. The maximum absolute atomic E-state index is 11.6. The third-order valence-corrected chi connectivity index (χ3v) is 5.38. The van der Waals surface area contributed by atoms with Gasteiger partial charge in [-0.25, -0.2) is 0 Å². The van der Waals surface area contributed by atoms with E-state index in [4.69, 9.17) is 9.47 Å². The largest absolute Gasteiger partial charge is 0.458 e. The van der Waals surface area contributed by atoms with Gasteiger partial charge in [0.2, 0.25) is 0 Å². The second kappa shape index (κ2) is 8.35. The van der Waals surface area contributed by atoms with Gasteiger partial charge in [-0.1, -0.05) is 43.2 Å². The summed E-state index contributed by atoms with van der Waals surface area (Å²) in [5.41, 5.74) is 3.86. The molecule has 0 unspecified atom stereocenters. The first-order chi connectivity index (χ1) is 11.7. The number of esters is 1. The predicted molar refractivity (Wildman–Crippen MR) is 102 cm³/mol. The molecule has 0 saturated carbocycles. The Balaban J connectivity index is 2.28. The van der Waals surface area contributed by atoms with Gasteiger partial charge in [-0.15, -0.1) is 0 Å². The van der Waals surface area contributed by atoms with Crippen LogP contribution in [-0.2, 0) is 14.3 Å². The van der Waals surface area contributed by atoms with E-state index in [0.29, 0.717) is 12.0 Å². The zero-order valence-electron chi connectivity index (χ0n) is 16.7. The van der Waals surface area contributed by atoms with Crippen molar-refractivity contribution in [3.8, 4) is 0 Å². The summed E-state index contributed by atoms with van der Waals surface area (Å²) < 4.78 is 11.6. The van der Waals surface area contributed by atoms with Gasteiger partial charge < -0.3 is 9.47 Å². The molecule has 2 rings (SSSR count). The molecule has 1 fully saturated rings. The topological polar surface area (TPSA) is 38.8 Å². The molecule has 140 valence electrons. The average Bonchev–Trinajstić information content (AvgIpc) is 3.14. The fraction of sp³-hybridized carbons (Fsp3) is 0.682. The minimum atomic E-state index is -0.215. The van der Waals surface area contributed by atoms with E-state index < -0.39 is 0 Å². The normalized spacial score (nSPS) is 35.4. The van der Waals surface area contributed by atoms with E-state index in [2.05, 4.69) is 52.8 Å². The number of allylic oxidation sites excluding steroid dienone is 4. The van der Waals surface area contributed by atoms with Crippen LogP contribution in [0.15, 0.2) is 34.9 Å². The summed E-state index contributed by atoms with van der Waals surface area (Å²) in [6, 6.07) is 0. The second-order valence-electron chi connectivity index (χ2n) is 8.18. The molecular weight excluding hydrogens is 312 g/mol. The van der Waals surface area contributed by atoms with E-state index >= 15 is 0 Å². The summed E-state index contributed by atoms with van der Waals surface area (Å²) in [6.07, 6.45) is 11.8. The minimum Gasteiger partial charge on any atom is -0.458 e. The summed E-state index contributed by atoms with van der Waals surface area (Å²) in [5.74, 6) is 0.122. The van der Waals surface area contributed by atoms with Crippen LogP contribution in [0.4, 0.5) is 0 Å². The first-order valence-electron chi connectivity index (χ1n) is 9.59. The lowest BCUT2D eigenvalue weighted by Gasteiger charge is -2.23. The zero-order chi connectivity index (χ0) is 18.6. The van der Waals surface area contributed by atoms with Crippen molar-refractivity contribution < 1.29 is 14.3 Å². The first kappa shape index (κ1) is 20.0. The molecule has 1 heterocycles. The molecule has 3 nitrogen and oxygen atoms in total. The van der Waals surface area contributed by atoms with E-state index in [1.54, 1.807) is 0 Å². The molecule has 2 aliphatic rings. The number of hydrogen-bond acceptors (Lipinski definition) is 3. The van der Waals surface area contributed by atoms with Gasteiger partial charge in [0, 0.05) is 13.3 Å². The predicted octanol–water partition coefficient (Wildman–Crippen LogP) is 5.51. The minimum absolute atomic E-state index is 0.0510. The van der Waals surface area contributed by atoms with E-state index in [-0.39, 0.29) is 17.7 Å². The average molecular weight is 347 g/mol. The summed E-state index contributed by atoms with van der Waals surface area (Å²) in [7, 11) is 0. The Morgan fingerprint density at radius 2 is 2.00 bits per heavy atom. The van der Waals surface area contributed by atoms with Gasteiger partial charge in [-0.2, -0.15) is 0 Å². The fourth-order valence-corrected chi connectivity index (χ4v) is 3.64. The molecular formula is C22H34O3. The lowest BCUT2D eigenvalue weighted by Crippen LogP contribution is -2.22. The summed E-state index contributed by atoms with van der Waals surface area (Å²) >= 11 is 0. The van der Waals surface area contributed by atoms with Crippen LogP contribution in [0.3, 0.4) is 0 Å². The van der Waals surface area contributed by atoms with Crippen molar-refractivity contribution >= 4 is 5.97 Å². The molecule has 0 aromatic carbocycles. The summed E-state index contributed by atoms with van der Waals surface area (Å²) in [4.78, 5) is 11.6. The van der Waals surface area contributed by atoms with Gasteiger partial charge in [-0.05, 0) is 57.9 Å². The van der Waals surface area contributed by atoms with Crippen LogP contribution in [0.25, 0.3) is 0 Å². The maximum atomic E-state index is 11.6. The second-order valence-corrected chi connectivity index (χ2v) is 8.18. The lowest BCUT2D eigenvalue weighted by molar-refractivity contribution is -0.144. The van der Waals surface area contributed by atoms with Crippen molar-refractivity contribution in [1.29, 1.82) is 0 Å². The molecule has 1 aliphatic carbocycles. The third-order valence-electron chi connectivity index (χ3n) is 5.38. The molecule has 0 bridgehead atoms. The molecule has 0 N–H and O–H groups in total. The van der Waals surface area contributed by atoms with Crippen LogP contribution in [0.5, 0.6) is 0 Å². The molecule has 0 spiro atoms. The van der Waals surface area contributed by atoms with Gasteiger partial charge in [0.05, 0.1) is 11.7 Å². The van der Waals surface area contributed by atoms with Gasteiger partial charge in [0.15, 0.2) is 0 Å². The smallest absolute Gasteiger partial charge is 0.303 e. The monoisotopic (exact) mass is 346 g/mol. The number of carbonyl (C=O) groups is 1. The number of hydrogen-bond donors (Lipinski definition) is 0. The Morgan fingerprint density at radius 3 is 2.64 bits per heavy atom. The van der Waals surface area contributed by atoms with Crippen LogP contribution in [0.1, 0.15) is 73.6 Å². The molecule has 1 saturated heterocycles. The van der Waals surface area contributed by atoms with Crippen molar-refractivity contribution in [3.05, 3.63) is 34.9 Å². The van der Waals surface area contributed by atoms with Crippen LogP contribution in [0.2, 0.25) is 0 Å². The van der Waals surface area contributed by atoms with Gasteiger partial charge in [-0.3, -0.25) is 4.79 Å². The van der Waals surface area contributed by atoms with E-state index in [1.807, 2.05) is 0 Å². The quantitative estimate of drug-likeness (QED) is 0.376. The van der Waals surface area contributed by atoms with Crippen LogP contribution >= 0.6 is 0 Å². The highest BCUT2D eigenvalue weighted by atomic mass is 16.6. The molecule has 0 amide bonds. The molecule has 0 aromatic rings. The Hall–Kier alpha value is -1.35. The summed E-state index contributed by atoms with van der Waals surface area (Å²) in [6.45, 7) is 12.4. The number of rotatable bonds is 2. The SMILES string of the molecule is CC(=O)O[C@H]1C/C(C)=C/CC[C@@]2(C)O[C@@H]2CC/C(C)=C/C=C1C(C)C. The molecule has 1 aliphatic heterocycles. The van der Waals surface area contributed by atoms with Gasteiger partial charge in [0.1, 0.15) is 6.10 Å². The van der Waals surface area contributed by atoms with E-state index in [9.17, 15) is 4.79 Å². The lowest BCUT2D eigenvalue weighted by atomic mass is 9.90. The molecule has 0 radical (unpaired) electrons. The van der Waals surface area contributed by atoms with E-state index in [1.165, 1.54) is 23.6 Å². The van der Waals surface area contributed by atoms with Crippen LogP contribution in [-0.4, -0.2) is 23.8 Å². The number of ether oxygens (including phenoxy) is 2. The third kappa shape index (κ3) is 5.85. The van der Waals surface area contributed by atoms with E-state index in [0.717, 1.165) is 32.1 Å². The summed E-state index contributed by atoms with van der Waals surface area (Å²) in [5, 5.41) is 0. The molecule has 25 heavy (non-hydrogen) atoms. The first-order valence-corrected chi connectivity index (χ1v) is 9.59. The zero-order valence-corrected chi connectivity index (χ0v) is 16.7. The van der Waals surface area contributed by atoms with Crippen molar-refractivity contribution in [1.82, 2.24) is 0 Å². The number of epoxide rings is 1. The van der Waals surface area contributed by atoms with Crippen molar-refractivity contribution in [2.75, 3.05) is 0 Å². The highest BCUT2D eigenvalue weighted by Crippen LogP contribution is 2.43. The Labute approximate surface area is 153 Å². The molecule has 3 atom stereocenters. The highest BCUT2D eigenvalue weighted by Gasteiger charge is 2.50. The highest BCUT2D eigenvalue weighted by molar-refractivity contribution is 5.66. The Bertz CT molecular complexity index is 582. The maximum Gasteiger partial charge on any atom is 0.303 e. The molecule has 3 heteroatoms. The Kier molecular flexibility index (Phi) is 6.67. The molecule has 0 aromatic heterocycles. The number of fused-ring (bicyclic) bond motifs is 1. The van der Waals surface area contributed by atoms with Crippen LogP contribution in [0, 0.1) is 5.92 Å².